The van der Waals surface area contributed by atoms with Crippen molar-refractivity contribution in [3.05, 3.63) is 5.89 Å². The van der Waals surface area contributed by atoms with Crippen LogP contribution in [0.1, 0.15) is 18.7 Å². The summed E-state index contributed by atoms with van der Waals surface area (Å²) in [5.41, 5.74) is 5.27. The molecule has 0 saturated carbocycles. The Morgan fingerprint density at radius 1 is 1.64 bits per heavy atom. The third kappa shape index (κ3) is 2.11. The molecular formula is C6H11N3OS. The number of nitrogens with two attached hydrogens (primary N) is 1. The lowest BCUT2D eigenvalue weighted by atomic mass is 10.2. The van der Waals surface area contributed by atoms with E-state index in [-0.39, 0.29) is 11.9 Å². The lowest BCUT2D eigenvalue weighted by molar-refractivity contribution is 0.487. The summed E-state index contributed by atoms with van der Waals surface area (Å²) in [5, 5.41) is 7.35. The molecule has 62 valence electrons. The van der Waals surface area contributed by atoms with E-state index in [4.69, 9.17) is 10.2 Å². The zero-order valence-corrected chi connectivity index (χ0v) is 7.39. The number of nitrogens with zero attached hydrogens (tertiary/aromatic N) is 2. The molecule has 0 radical (unpaired) electrons. The van der Waals surface area contributed by atoms with Crippen LogP contribution in [0.2, 0.25) is 0 Å². The minimum atomic E-state index is 0.146. The normalized spacial score (nSPS) is 13.3. The van der Waals surface area contributed by atoms with Crippen molar-refractivity contribution in [3.8, 4) is 0 Å². The van der Waals surface area contributed by atoms with Gasteiger partial charge in [-0.25, -0.2) is 0 Å². The molecule has 0 bridgehead atoms. The molecule has 4 nitrogen and oxygen atoms in total. The number of thioether (sulfide) groups is 1. The first-order valence-corrected chi connectivity index (χ1v) is 4.71. The van der Waals surface area contributed by atoms with Crippen LogP contribution in [-0.4, -0.2) is 22.2 Å². The average molecular weight is 173 g/mol. The van der Waals surface area contributed by atoms with Gasteiger partial charge in [-0.1, -0.05) is 12.0 Å². The second-order valence-electron chi connectivity index (χ2n) is 2.33. The minimum absolute atomic E-state index is 0.146. The van der Waals surface area contributed by atoms with Crippen LogP contribution in [0.4, 0.5) is 6.01 Å². The quantitative estimate of drug-likeness (QED) is 0.742. The van der Waals surface area contributed by atoms with Crippen LogP contribution in [0.5, 0.6) is 0 Å². The van der Waals surface area contributed by atoms with Gasteiger partial charge in [-0.15, -0.1) is 5.10 Å². The zero-order valence-electron chi connectivity index (χ0n) is 6.57. The van der Waals surface area contributed by atoms with E-state index in [1.807, 2.05) is 13.2 Å². The molecule has 2 N–H and O–H groups in total. The Morgan fingerprint density at radius 3 is 2.82 bits per heavy atom. The Balaban J connectivity index is 2.60. The molecule has 1 aromatic rings. The van der Waals surface area contributed by atoms with E-state index in [0.717, 1.165) is 5.75 Å². The van der Waals surface area contributed by atoms with Crippen LogP contribution < -0.4 is 5.73 Å². The Bertz CT molecular complexity index is 225. The van der Waals surface area contributed by atoms with Crippen molar-refractivity contribution in [3.63, 3.8) is 0 Å². The van der Waals surface area contributed by atoms with Gasteiger partial charge in [0.15, 0.2) is 0 Å². The van der Waals surface area contributed by atoms with Gasteiger partial charge in [0.25, 0.3) is 0 Å². The molecule has 0 aliphatic rings. The van der Waals surface area contributed by atoms with Crippen molar-refractivity contribution in [2.45, 2.75) is 12.8 Å². The standard InChI is InChI=1S/C6H11N3OS/c1-4(3-11-2)5-8-9-6(7)10-5/h4H,3H2,1-2H3,(H2,7,9). The average Bonchev–Trinajstić information content (AvgIpc) is 2.36. The monoisotopic (exact) mass is 173 g/mol. The van der Waals surface area contributed by atoms with Crippen LogP contribution in [0.3, 0.4) is 0 Å². The summed E-state index contributed by atoms with van der Waals surface area (Å²) in [6.07, 6.45) is 2.04. The third-order valence-corrected chi connectivity index (χ3v) is 2.13. The second-order valence-corrected chi connectivity index (χ2v) is 3.25. The number of nitrogen functional groups attached to an aromatic ring is 1. The molecule has 0 aliphatic heterocycles. The molecule has 0 fully saturated rings. The number of hydrogen-bond donors (Lipinski definition) is 1. The summed E-state index contributed by atoms with van der Waals surface area (Å²) in [6.45, 7) is 2.03. The molecule has 0 aliphatic carbocycles. The largest absolute Gasteiger partial charge is 0.408 e. The fourth-order valence-corrected chi connectivity index (χ4v) is 1.41. The van der Waals surface area contributed by atoms with Crippen LogP contribution in [-0.2, 0) is 0 Å². The van der Waals surface area contributed by atoms with E-state index in [0.29, 0.717) is 5.89 Å². The van der Waals surface area contributed by atoms with Crippen LogP contribution in [0.25, 0.3) is 0 Å². The summed E-state index contributed by atoms with van der Waals surface area (Å²) < 4.78 is 5.04. The number of rotatable bonds is 3. The van der Waals surface area contributed by atoms with Gasteiger partial charge in [0.1, 0.15) is 0 Å². The van der Waals surface area contributed by atoms with Gasteiger partial charge in [-0.05, 0) is 6.26 Å². The highest BCUT2D eigenvalue weighted by atomic mass is 32.2. The maximum atomic E-state index is 5.27. The van der Waals surface area contributed by atoms with E-state index < -0.39 is 0 Å². The number of hydrogen-bond acceptors (Lipinski definition) is 5. The van der Waals surface area contributed by atoms with E-state index >= 15 is 0 Å². The summed E-state index contributed by atoms with van der Waals surface area (Å²) in [6, 6.07) is 0.146. The van der Waals surface area contributed by atoms with Crippen molar-refractivity contribution >= 4 is 17.8 Å². The van der Waals surface area contributed by atoms with Crippen LogP contribution >= 0.6 is 11.8 Å². The highest BCUT2D eigenvalue weighted by molar-refractivity contribution is 7.98. The third-order valence-electron chi connectivity index (χ3n) is 1.29. The van der Waals surface area contributed by atoms with Gasteiger partial charge in [0.2, 0.25) is 5.89 Å². The predicted molar refractivity (Wildman–Crippen MR) is 45.5 cm³/mol. The Labute approximate surface area is 69.6 Å². The first-order chi connectivity index (χ1) is 5.24. The highest BCUT2D eigenvalue weighted by Crippen LogP contribution is 2.17. The topological polar surface area (TPSA) is 64.9 Å². The molecule has 11 heavy (non-hydrogen) atoms. The molecule has 1 aromatic heterocycles. The van der Waals surface area contributed by atoms with Crippen LogP contribution in [0.15, 0.2) is 4.42 Å². The molecule has 1 heterocycles. The summed E-state index contributed by atoms with van der Waals surface area (Å²) >= 11 is 1.75. The Hall–Kier alpha value is -0.710. The molecule has 1 atom stereocenters. The van der Waals surface area contributed by atoms with E-state index in [1.54, 1.807) is 11.8 Å². The smallest absolute Gasteiger partial charge is 0.312 e. The fraction of sp³-hybridized carbons (Fsp3) is 0.667. The van der Waals surface area contributed by atoms with Gasteiger partial charge in [-0.2, -0.15) is 11.8 Å². The zero-order chi connectivity index (χ0) is 8.27. The minimum Gasteiger partial charge on any atom is -0.408 e. The van der Waals surface area contributed by atoms with Gasteiger partial charge >= 0.3 is 6.01 Å². The first kappa shape index (κ1) is 8.39. The molecule has 5 heteroatoms. The second kappa shape index (κ2) is 3.61. The highest BCUT2D eigenvalue weighted by Gasteiger charge is 2.11. The molecule has 1 rings (SSSR count). The van der Waals surface area contributed by atoms with Gasteiger partial charge in [-0.3, -0.25) is 0 Å². The van der Waals surface area contributed by atoms with Crippen molar-refractivity contribution in [1.82, 2.24) is 10.2 Å². The number of aromatic nitrogens is 2. The van der Waals surface area contributed by atoms with Gasteiger partial charge < -0.3 is 10.2 Å². The molecule has 0 amide bonds. The van der Waals surface area contributed by atoms with E-state index in [2.05, 4.69) is 10.2 Å². The number of anilines is 1. The Kier molecular flexibility index (Phi) is 2.76. The molecule has 1 unspecified atom stereocenters. The van der Waals surface area contributed by atoms with Crippen LogP contribution in [0, 0.1) is 0 Å². The SMILES string of the molecule is CSCC(C)c1nnc(N)o1. The lowest BCUT2D eigenvalue weighted by Crippen LogP contribution is -1.96. The maximum absolute atomic E-state index is 5.27. The van der Waals surface area contributed by atoms with E-state index in [9.17, 15) is 0 Å². The Morgan fingerprint density at radius 2 is 2.36 bits per heavy atom. The van der Waals surface area contributed by atoms with Crippen molar-refractivity contribution in [2.24, 2.45) is 0 Å². The molecule has 0 spiro atoms. The van der Waals surface area contributed by atoms with Crippen molar-refractivity contribution < 1.29 is 4.42 Å². The summed E-state index contributed by atoms with van der Waals surface area (Å²) in [7, 11) is 0. The van der Waals surface area contributed by atoms with E-state index in [1.165, 1.54) is 0 Å². The lowest BCUT2D eigenvalue weighted by Gasteiger charge is -2.01. The molecule has 0 saturated heterocycles. The van der Waals surface area contributed by atoms with Crippen molar-refractivity contribution in [2.75, 3.05) is 17.7 Å². The summed E-state index contributed by atoms with van der Waals surface area (Å²) in [4.78, 5) is 0. The molecule has 0 aromatic carbocycles. The first-order valence-electron chi connectivity index (χ1n) is 3.32. The molecular weight excluding hydrogens is 162 g/mol. The fourth-order valence-electron chi connectivity index (χ4n) is 0.767. The van der Waals surface area contributed by atoms with Gasteiger partial charge in [0, 0.05) is 11.7 Å². The predicted octanol–water partition coefficient (Wildman–Crippen LogP) is 1.12. The van der Waals surface area contributed by atoms with Crippen molar-refractivity contribution in [1.29, 1.82) is 0 Å². The maximum Gasteiger partial charge on any atom is 0.312 e. The summed E-state index contributed by atoms with van der Waals surface area (Å²) in [5.74, 6) is 1.88. The van der Waals surface area contributed by atoms with Gasteiger partial charge in [0.05, 0.1) is 0 Å².